The highest BCUT2D eigenvalue weighted by atomic mass is 35.5. The first-order chi connectivity index (χ1) is 18.3. The highest BCUT2D eigenvalue weighted by Crippen LogP contribution is 2.27. The van der Waals surface area contributed by atoms with Gasteiger partial charge in [0.1, 0.15) is 5.82 Å². The van der Waals surface area contributed by atoms with Gasteiger partial charge in [-0.05, 0) is 83.3 Å². The zero-order valence-corrected chi connectivity index (χ0v) is 24.7. The third-order valence-corrected chi connectivity index (χ3v) is 7.70. The van der Waals surface area contributed by atoms with Crippen molar-refractivity contribution in [3.63, 3.8) is 0 Å². The van der Waals surface area contributed by atoms with E-state index in [9.17, 15) is 14.4 Å². The molecular formula is C28H43ClN8O3. The van der Waals surface area contributed by atoms with Crippen LogP contribution in [-0.2, 0) is 11.3 Å². The van der Waals surface area contributed by atoms with Gasteiger partial charge in [-0.1, -0.05) is 12.1 Å². The smallest absolute Gasteiger partial charge is 0.338 e. The van der Waals surface area contributed by atoms with E-state index in [0.717, 1.165) is 32.5 Å². The zero-order valence-electron chi connectivity index (χ0n) is 23.9. The summed E-state index contributed by atoms with van der Waals surface area (Å²) in [4.78, 5) is 47.5. The summed E-state index contributed by atoms with van der Waals surface area (Å²) in [6.07, 6.45) is 3.82. The lowest BCUT2D eigenvalue weighted by atomic mass is 9.81. The van der Waals surface area contributed by atoms with Gasteiger partial charge in [-0.2, -0.15) is 4.98 Å². The van der Waals surface area contributed by atoms with E-state index in [1.807, 2.05) is 24.3 Å². The molecule has 0 aliphatic carbocycles. The monoisotopic (exact) mass is 574 g/mol. The Morgan fingerprint density at radius 2 is 1.50 bits per heavy atom. The number of rotatable bonds is 6. The molecule has 3 heterocycles. The molecule has 0 atom stereocenters. The van der Waals surface area contributed by atoms with Gasteiger partial charge in [-0.3, -0.25) is 19.6 Å². The van der Waals surface area contributed by atoms with Crippen LogP contribution in [0.1, 0.15) is 46.1 Å². The number of likely N-dealkylation sites (tertiary alicyclic amines) is 1. The van der Waals surface area contributed by atoms with E-state index in [1.165, 1.54) is 10.1 Å². The maximum atomic E-state index is 12.7. The first-order valence-electron chi connectivity index (χ1n) is 13.7. The number of hydrogen-bond acceptors (Lipinski definition) is 7. The maximum absolute atomic E-state index is 12.7. The van der Waals surface area contributed by atoms with Crippen LogP contribution in [0.5, 0.6) is 0 Å². The fourth-order valence-corrected chi connectivity index (χ4v) is 5.23. The number of nitrogens with zero attached hydrogens (tertiary/aromatic N) is 5. The Bertz CT molecular complexity index is 1220. The molecule has 40 heavy (non-hydrogen) atoms. The Hall–Kier alpha value is -2.99. The molecule has 0 bridgehead atoms. The van der Waals surface area contributed by atoms with Crippen LogP contribution in [0.15, 0.2) is 41.3 Å². The number of carbonyl (C=O) groups is 2. The first kappa shape index (κ1) is 31.5. The number of urea groups is 1. The predicted octanol–water partition coefficient (Wildman–Crippen LogP) is 2.02. The molecule has 4 rings (SSSR count). The lowest BCUT2D eigenvalue weighted by Crippen LogP contribution is -2.58. The van der Waals surface area contributed by atoms with Crippen LogP contribution < -0.4 is 22.5 Å². The van der Waals surface area contributed by atoms with E-state index in [2.05, 4.69) is 29.0 Å². The lowest BCUT2D eigenvalue weighted by Gasteiger charge is -2.38. The molecule has 3 amide bonds. The van der Waals surface area contributed by atoms with Gasteiger partial charge in [-0.15, -0.1) is 12.4 Å². The molecule has 0 unspecified atom stereocenters. The minimum absolute atomic E-state index is 0. The zero-order chi connectivity index (χ0) is 28.4. The summed E-state index contributed by atoms with van der Waals surface area (Å²) in [7, 11) is 0. The second-order valence-corrected chi connectivity index (χ2v) is 11.9. The quantitative estimate of drug-likeness (QED) is 0.479. The third kappa shape index (κ3) is 7.81. The van der Waals surface area contributed by atoms with Crippen molar-refractivity contribution < 1.29 is 9.59 Å². The van der Waals surface area contributed by atoms with Gasteiger partial charge in [0, 0.05) is 44.5 Å². The molecule has 2 fully saturated rings. The molecule has 5 N–H and O–H groups in total. The Morgan fingerprint density at radius 3 is 2.02 bits per heavy atom. The molecule has 2 aromatic rings. The van der Waals surface area contributed by atoms with Gasteiger partial charge in [0.2, 0.25) is 5.91 Å². The fourth-order valence-electron chi connectivity index (χ4n) is 5.23. The summed E-state index contributed by atoms with van der Waals surface area (Å²) in [5.74, 6) is 0.591. The average Bonchev–Trinajstić information content (AvgIpc) is 2.88. The van der Waals surface area contributed by atoms with Crippen molar-refractivity contribution in [2.24, 2.45) is 17.4 Å². The number of amides is 3. The molecule has 2 aliphatic heterocycles. The molecule has 0 spiro atoms. The average molecular weight is 575 g/mol. The second-order valence-electron chi connectivity index (χ2n) is 11.9. The number of anilines is 1. The minimum atomic E-state index is -0.946. The summed E-state index contributed by atoms with van der Waals surface area (Å²) < 4.78 is 1.45. The van der Waals surface area contributed by atoms with E-state index in [-0.39, 0.29) is 35.7 Å². The molecule has 220 valence electrons. The van der Waals surface area contributed by atoms with Crippen LogP contribution in [0.4, 0.5) is 10.6 Å². The van der Waals surface area contributed by atoms with Gasteiger partial charge < -0.3 is 21.3 Å². The number of aromatic nitrogens is 2. The van der Waals surface area contributed by atoms with E-state index in [4.69, 9.17) is 11.5 Å². The summed E-state index contributed by atoms with van der Waals surface area (Å²) in [6.45, 7) is 12.1. The number of carbonyl (C=O) groups excluding carboxylic acids is 2. The highest BCUT2D eigenvalue weighted by molar-refractivity contribution is 5.89. The number of nitrogens with two attached hydrogens (primary N) is 2. The molecule has 0 radical (unpaired) electrons. The molecule has 12 heteroatoms. The predicted molar refractivity (Wildman–Crippen MR) is 159 cm³/mol. The molecule has 1 aromatic heterocycles. The van der Waals surface area contributed by atoms with Crippen molar-refractivity contribution in [3.8, 4) is 5.69 Å². The van der Waals surface area contributed by atoms with E-state index in [1.54, 1.807) is 35.9 Å². The van der Waals surface area contributed by atoms with Crippen molar-refractivity contribution in [1.29, 1.82) is 0 Å². The molecular weight excluding hydrogens is 532 g/mol. The van der Waals surface area contributed by atoms with Gasteiger partial charge in [-0.25, -0.2) is 9.59 Å². The normalized spacial score (nSPS) is 17.4. The number of hydrogen-bond donors (Lipinski definition) is 3. The van der Waals surface area contributed by atoms with Gasteiger partial charge in [0.15, 0.2) is 0 Å². The first-order valence-corrected chi connectivity index (χ1v) is 13.7. The van der Waals surface area contributed by atoms with Crippen LogP contribution >= 0.6 is 12.4 Å². The summed E-state index contributed by atoms with van der Waals surface area (Å²) >= 11 is 0. The van der Waals surface area contributed by atoms with Crippen molar-refractivity contribution in [2.45, 2.75) is 58.2 Å². The van der Waals surface area contributed by atoms with E-state index >= 15 is 0 Å². The summed E-state index contributed by atoms with van der Waals surface area (Å²) in [6, 6.07) is 9.14. The number of halogens is 1. The lowest BCUT2D eigenvalue weighted by molar-refractivity contribution is -0.137. The van der Waals surface area contributed by atoms with Crippen LogP contribution in [0, 0.1) is 5.92 Å². The Labute approximate surface area is 242 Å². The minimum Gasteiger partial charge on any atom is -0.338 e. The molecule has 11 nitrogen and oxygen atoms in total. The van der Waals surface area contributed by atoms with Crippen molar-refractivity contribution >= 4 is 30.2 Å². The number of piperidine rings is 1. The second kappa shape index (κ2) is 12.7. The Kier molecular flexibility index (Phi) is 9.99. The van der Waals surface area contributed by atoms with Gasteiger partial charge >= 0.3 is 11.7 Å². The molecule has 2 saturated heterocycles. The van der Waals surface area contributed by atoms with E-state index in [0.29, 0.717) is 37.8 Å². The number of benzene rings is 1. The SMILES string of the molecule is CC(C)(N)C(=O)N1CCN(C(=O)Nc2ccn(-c3ccc(CN4CCC(C(C)(C)N)CC4)cc3)c(=O)n2)CC1.Cl. The van der Waals surface area contributed by atoms with Crippen LogP contribution in [0.2, 0.25) is 0 Å². The van der Waals surface area contributed by atoms with Gasteiger partial charge in [0.25, 0.3) is 0 Å². The standard InChI is InChI=1S/C28H42N8O3.ClH/c1-27(2,29)21-9-12-33(13-10-21)19-20-5-7-22(8-6-20)36-14-11-23(32-26(36)39)31-25(38)35-17-15-34(16-18-35)24(37)28(3,4)30;/h5-8,11,14,21H,9-10,12-13,15-19,29-30H2,1-4H3,(H,31,32,38,39);1H. The Balaban J connectivity index is 0.00000441. The maximum Gasteiger partial charge on any atom is 0.354 e. The largest absolute Gasteiger partial charge is 0.354 e. The number of nitrogens with one attached hydrogen (secondary N) is 1. The molecule has 0 saturated carbocycles. The van der Waals surface area contributed by atoms with Crippen LogP contribution in [0.3, 0.4) is 0 Å². The highest BCUT2D eigenvalue weighted by Gasteiger charge is 2.32. The molecule has 2 aliphatic rings. The Morgan fingerprint density at radius 1 is 0.925 bits per heavy atom. The van der Waals surface area contributed by atoms with Crippen molar-refractivity contribution in [1.82, 2.24) is 24.3 Å². The van der Waals surface area contributed by atoms with Crippen molar-refractivity contribution in [2.75, 3.05) is 44.6 Å². The van der Waals surface area contributed by atoms with Crippen LogP contribution in [0.25, 0.3) is 5.69 Å². The van der Waals surface area contributed by atoms with E-state index < -0.39 is 11.2 Å². The third-order valence-electron chi connectivity index (χ3n) is 7.70. The summed E-state index contributed by atoms with van der Waals surface area (Å²) in [5.41, 5.74) is 12.5. The number of piperazine rings is 1. The van der Waals surface area contributed by atoms with Gasteiger partial charge in [0.05, 0.1) is 11.2 Å². The molecule has 1 aromatic carbocycles. The van der Waals surface area contributed by atoms with Crippen LogP contribution in [-0.4, -0.2) is 86.5 Å². The topological polar surface area (TPSA) is 143 Å². The summed E-state index contributed by atoms with van der Waals surface area (Å²) in [5, 5.41) is 2.69. The van der Waals surface area contributed by atoms with Crippen molar-refractivity contribution in [3.05, 3.63) is 52.6 Å². The fraction of sp³-hybridized carbons (Fsp3) is 0.571.